The Hall–Kier alpha value is -3.59. The zero-order chi connectivity index (χ0) is 23.8. The Morgan fingerprint density at radius 3 is 2.22 bits per heavy atom. The number of benzene rings is 2. The summed E-state index contributed by atoms with van der Waals surface area (Å²) in [7, 11) is 2.29. The molecule has 0 aliphatic rings. The molecule has 170 valence electrons. The number of carbonyl (C=O) groups excluding carboxylic acids is 4. The normalized spacial score (nSPS) is 11.2. The number of urea groups is 1. The number of hydrogen-bond donors (Lipinski definition) is 3. The Balaban J connectivity index is 2.24. The van der Waals surface area contributed by atoms with E-state index in [9.17, 15) is 19.2 Å². The van der Waals surface area contributed by atoms with Crippen LogP contribution in [0, 0.1) is 13.8 Å². The highest BCUT2D eigenvalue weighted by Gasteiger charge is 2.27. The molecular weight excluding hydrogens is 438 g/mol. The molecule has 9 nitrogen and oxygen atoms in total. The first kappa shape index (κ1) is 24.7. The third-order valence-corrected chi connectivity index (χ3v) is 4.82. The van der Waals surface area contributed by atoms with Gasteiger partial charge in [0, 0.05) is 10.7 Å². The summed E-state index contributed by atoms with van der Waals surface area (Å²) in [6.45, 7) is 3.71. The van der Waals surface area contributed by atoms with Crippen molar-refractivity contribution in [3.8, 4) is 0 Å². The summed E-state index contributed by atoms with van der Waals surface area (Å²) in [5, 5.41) is 8.06. The first-order chi connectivity index (χ1) is 15.2. The van der Waals surface area contributed by atoms with Crippen LogP contribution in [0.5, 0.6) is 0 Å². The van der Waals surface area contributed by atoms with Gasteiger partial charge in [0.15, 0.2) is 0 Å². The molecule has 0 unspecified atom stereocenters. The maximum absolute atomic E-state index is 12.8. The number of carbonyl (C=O) groups is 4. The van der Waals surface area contributed by atoms with Crippen LogP contribution in [0.2, 0.25) is 5.02 Å². The Morgan fingerprint density at radius 2 is 1.62 bits per heavy atom. The van der Waals surface area contributed by atoms with Crippen molar-refractivity contribution >= 4 is 46.9 Å². The molecule has 0 saturated carbocycles. The second-order valence-electron chi connectivity index (χ2n) is 6.87. The summed E-state index contributed by atoms with van der Waals surface area (Å²) in [6.07, 6.45) is -0.418. The third-order valence-electron chi connectivity index (χ3n) is 4.58. The molecule has 10 heteroatoms. The van der Waals surface area contributed by atoms with E-state index in [1.54, 1.807) is 0 Å². The van der Waals surface area contributed by atoms with Gasteiger partial charge >= 0.3 is 18.0 Å². The number of ether oxygens (including phenoxy) is 2. The molecule has 3 N–H and O–H groups in total. The zero-order valence-electron chi connectivity index (χ0n) is 18.1. The van der Waals surface area contributed by atoms with Crippen molar-refractivity contribution in [1.29, 1.82) is 0 Å². The number of anilines is 2. The number of aryl methyl sites for hydroxylation is 2. The van der Waals surface area contributed by atoms with E-state index < -0.39 is 36.3 Å². The minimum absolute atomic E-state index is 0.0322. The average molecular weight is 462 g/mol. The standard InChI is InChI=1S/C22H24ClN3O6/c1-12-6-5-7-13(2)19(12)26-22(30)25-16-10-14(23)8-9-15(16)20(28)24-17(21(29)32-4)11-18(27)31-3/h5-10,17H,11H2,1-4H3,(H,24,28)(H2,25,26,30)/t17-/m0/s1. The van der Waals surface area contributed by atoms with E-state index in [0.717, 1.165) is 25.3 Å². The van der Waals surface area contributed by atoms with Crippen molar-refractivity contribution in [2.45, 2.75) is 26.3 Å². The first-order valence-corrected chi connectivity index (χ1v) is 9.93. The summed E-state index contributed by atoms with van der Waals surface area (Å²) in [4.78, 5) is 49.0. The van der Waals surface area contributed by atoms with E-state index in [0.29, 0.717) is 5.69 Å². The predicted molar refractivity (Wildman–Crippen MR) is 120 cm³/mol. The van der Waals surface area contributed by atoms with Crippen LogP contribution in [-0.4, -0.2) is 44.1 Å². The molecule has 0 saturated heterocycles. The van der Waals surface area contributed by atoms with Gasteiger partial charge in [0.1, 0.15) is 6.04 Å². The number of hydrogen-bond acceptors (Lipinski definition) is 6. The van der Waals surface area contributed by atoms with Gasteiger partial charge in [0.25, 0.3) is 5.91 Å². The SMILES string of the molecule is COC(=O)C[C@H](NC(=O)c1ccc(Cl)cc1NC(=O)Nc1c(C)cccc1C)C(=O)OC. The molecule has 0 bridgehead atoms. The van der Waals surface area contributed by atoms with Gasteiger partial charge in [-0.2, -0.15) is 0 Å². The Morgan fingerprint density at radius 1 is 0.969 bits per heavy atom. The first-order valence-electron chi connectivity index (χ1n) is 9.55. The molecular formula is C22H24ClN3O6. The van der Waals surface area contributed by atoms with E-state index in [1.165, 1.54) is 18.2 Å². The van der Waals surface area contributed by atoms with Crippen LogP contribution in [0.25, 0.3) is 0 Å². The monoisotopic (exact) mass is 461 g/mol. The highest BCUT2D eigenvalue weighted by Crippen LogP contribution is 2.23. The van der Waals surface area contributed by atoms with Gasteiger partial charge in [-0.15, -0.1) is 0 Å². The minimum atomic E-state index is -1.27. The van der Waals surface area contributed by atoms with Crippen LogP contribution in [0.1, 0.15) is 27.9 Å². The predicted octanol–water partition coefficient (Wildman–Crippen LogP) is 3.44. The minimum Gasteiger partial charge on any atom is -0.469 e. The smallest absolute Gasteiger partial charge is 0.328 e. The molecule has 1 atom stereocenters. The van der Waals surface area contributed by atoms with Crippen molar-refractivity contribution in [1.82, 2.24) is 5.32 Å². The van der Waals surface area contributed by atoms with Crippen LogP contribution in [0.3, 0.4) is 0 Å². The van der Waals surface area contributed by atoms with Gasteiger partial charge < -0.3 is 25.4 Å². The molecule has 0 aliphatic carbocycles. The van der Waals surface area contributed by atoms with Gasteiger partial charge in [0.2, 0.25) is 0 Å². The number of methoxy groups -OCH3 is 2. The van der Waals surface area contributed by atoms with Gasteiger partial charge in [-0.05, 0) is 43.2 Å². The summed E-state index contributed by atoms with van der Waals surface area (Å²) in [5.41, 5.74) is 2.52. The summed E-state index contributed by atoms with van der Waals surface area (Å²) < 4.78 is 9.18. The van der Waals surface area contributed by atoms with Crippen molar-refractivity contribution in [3.05, 3.63) is 58.1 Å². The molecule has 3 amide bonds. The summed E-state index contributed by atoms with van der Waals surface area (Å²) >= 11 is 6.04. The molecule has 32 heavy (non-hydrogen) atoms. The molecule has 0 aliphatic heterocycles. The lowest BCUT2D eigenvalue weighted by Gasteiger charge is -2.18. The third kappa shape index (κ3) is 6.45. The number of para-hydroxylation sites is 1. The second kappa shape index (κ2) is 11.1. The number of esters is 2. The van der Waals surface area contributed by atoms with Gasteiger partial charge in [-0.1, -0.05) is 29.8 Å². The number of amides is 3. The van der Waals surface area contributed by atoms with E-state index in [4.69, 9.17) is 11.6 Å². The van der Waals surface area contributed by atoms with E-state index >= 15 is 0 Å². The molecule has 0 heterocycles. The quantitative estimate of drug-likeness (QED) is 0.543. The number of halogens is 1. The Labute approximate surface area is 190 Å². The van der Waals surface area contributed by atoms with E-state index in [-0.39, 0.29) is 16.3 Å². The number of nitrogens with one attached hydrogen (secondary N) is 3. The molecule has 0 spiro atoms. The highest BCUT2D eigenvalue weighted by molar-refractivity contribution is 6.31. The largest absolute Gasteiger partial charge is 0.469 e. The van der Waals surface area contributed by atoms with Gasteiger partial charge in [-0.25, -0.2) is 9.59 Å². The maximum Gasteiger partial charge on any atom is 0.328 e. The fourth-order valence-corrected chi connectivity index (χ4v) is 3.09. The molecule has 2 rings (SSSR count). The van der Waals surface area contributed by atoms with Crippen LogP contribution >= 0.6 is 11.6 Å². The van der Waals surface area contributed by atoms with Crippen LogP contribution in [0.15, 0.2) is 36.4 Å². The average Bonchev–Trinajstić information content (AvgIpc) is 2.75. The lowest BCUT2D eigenvalue weighted by Crippen LogP contribution is -2.43. The van der Waals surface area contributed by atoms with Crippen molar-refractivity contribution < 1.29 is 28.7 Å². The lowest BCUT2D eigenvalue weighted by molar-refractivity contribution is -0.149. The highest BCUT2D eigenvalue weighted by atomic mass is 35.5. The van der Waals surface area contributed by atoms with Crippen molar-refractivity contribution in [2.75, 3.05) is 24.9 Å². The second-order valence-corrected chi connectivity index (χ2v) is 7.30. The van der Waals surface area contributed by atoms with Crippen LogP contribution in [0.4, 0.5) is 16.2 Å². The Kier molecular flexibility index (Phi) is 8.60. The van der Waals surface area contributed by atoms with Crippen molar-refractivity contribution in [3.63, 3.8) is 0 Å². The van der Waals surface area contributed by atoms with Crippen LogP contribution < -0.4 is 16.0 Å². The van der Waals surface area contributed by atoms with E-state index in [1.807, 2.05) is 32.0 Å². The molecule has 0 aromatic heterocycles. The molecule has 2 aromatic carbocycles. The fraction of sp³-hybridized carbons (Fsp3) is 0.273. The molecule has 0 radical (unpaired) electrons. The Bertz CT molecular complexity index is 1020. The lowest BCUT2D eigenvalue weighted by atomic mass is 10.1. The summed E-state index contributed by atoms with van der Waals surface area (Å²) in [6, 6.07) is 7.97. The number of rotatable bonds is 7. The topological polar surface area (TPSA) is 123 Å². The fourth-order valence-electron chi connectivity index (χ4n) is 2.92. The van der Waals surface area contributed by atoms with Gasteiger partial charge in [-0.3, -0.25) is 9.59 Å². The van der Waals surface area contributed by atoms with Crippen LogP contribution in [-0.2, 0) is 19.1 Å². The summed E-state index contributed by atoms with van der Waals surface area (Å²) in [5.74, 6) is -2.24. The van der Waals surface area contributed by atoms with Crippen molar-refractivity contribution in [2.24, 2.45) is 0 Å². The maximum atomic E-state index is 12.8. The zero-order valence-corrected chi connectivity index (χ0v) is 18.8. The molecule has 2 aromatic rings. The molecule has 0 fully saturated rings. The van der Waals surface area contributed by atoms with Gasteiger partial charge in [0.05, 0.1) is 31.9 Å². The van der Waals surface area contributed by atoms with E-state index in [2.05, 4.69) is 25.4 Å².